The van der Waals surface area contributed by atoms with Crippen molar-refractivity contribution in [2.75, 3.05) is 13.2 Å². The van der Waals surface area contributed by atoms with Crippen LogP contribution in [0.2, 0.25) is 0 Å². The van der Waals surface area contributed by atoms with E-state index < -0.39 is 17.5 Å². The molecule has 1 aromatic heterocycles. The van der Waals surface area contributed by atoms with Crippen LogP contribution in [0.25, 0.3) is 12.2 Å². The molecule has 0 radical (unpaired) electrons. The quantitative estimate of drug-likeness (QED) is 0.552. The van der Waals surface area contributed by atoms with Crippen molar-refractivity contribution >= 4 is 23.8 Å². The van der Waals surface area contributed by atoms with Crippen molar-refractivity contribution in [2.24, 2.45) is 0 Å². The van der Waals surface area contributed by atoms with Gasteiger partial charge in [-0.3, -0.25) is 9.59 Å². The number of ketones is 1. The summed E-state index contributed by atoms with van der Waals surface area (Å²) in [6.45, 7) is 0.899. The number of ether oxygens (including phenoxy) is 1. The summed E-state index contributed by atoms with van der Waals surface area (Å²) < 4.78 is 49.0. The second-order valence-corrected chi connectivity index (χ2v) is 8.20. The zero-order chi connectivity index (χ0) is 23.9. The lowest BCUT2D eigenvalue weighted by Gasteiger charge is -2.21. The van der Waals surface area contributed by atoms with Crippen LogP contribution in [0.5, 0.6) is 5.75 Å². The number of hydrogen-bond acceptors (Lipinski definition) is 5. The van der Waals surface area contributed by atoms with Gasteiger partial charge in [0.1, 0.15) is 12.4 Å². The van der Waals surface area contributed by atoms with Gasteiger partial charge in [-0.2, -0.15) is 13.2 Å². The van der Waals surface area contributed by atoms with E-state index in [-0.39, 0.29) is 24.0 Å². The molecule has 2 aromatic carbocycles. The standard InChI is InChI=1S/C25H19F3N2O4/c26-25(27,28)23(31)15-1-3-16(4-2-15)24(32)30-9-10-33-21-7-5-18(12-20(21)14-30)17-6-8-22-19(11-17)13-29-34-22/h1-5,7-8,11-13,17H,6,9-10,14H2. The van der Waals surface area contributed by atoms with E-state index in [1.165, 1.54) is 12.1 Å². The first-order valence-electron chi connectivity index (χ1n) is 10.7. The van der Waals surface area contributed by atoms with Crippen LogP contribution in [-0.4, -0.2) is 41.1 Å². The van der Waals surface area contributed by atoms with Crippen LogP contribution in [0.1, 0.15) is 44.2 Å². The van der Waals surface area contributed by atoms with Gasteiger partial charge in [0.2, 0.25) is 0 Å². The van der Waals surface area contributed by atoms with Gasteiger partial charge in [0.05, 0.1) is 12.7 Å². The average Bonchev–Trinajstić information content (AvgIpc) is 3.20. The molecule has 1 aliphatic carbocycles. The Morgan fingerprint density at radius 3 is 2.59 bits per heavy atom. The fraction of sp³-hybridized carbons (Fsp3) is 0.240. The van der Waals surface area contributed by atoms with Crippen LogP contribution >= 0.6 is 0 Å². The lowest BCUT2D eigenvalue weighted by atomic mass is 9.91. The van der Waals surface area contributed by atoms with Crippen molar-refractivity contribution in [3.8, 4) is 5.75 Å². The molecule has 5 rings (SSSR count). The van der Waals surface area contributed by atoms with Crippen LogP contribution in [0, 0.1) is 0 Å². The highest BCUT2D eigenvalue weighted by Gasteiger charge is 2.39. The topological polar surface area (TPSA) is 72.6 Å². The number of alkyl halides is 3. The predicted octanol–water partition coefficient (Wildman–Crippen LogP) is 3.20. The predicted molar refractivity (Wildman–Crippen MR) is 116 cm³/mol. The molecular weight excluding hydrogens is 449 g/mol. The molecule has 0 saturated heterocycles. The third-order valence-corrected chi connectivity index (χ3v) is 6.00. The highest BCUT2D eigenvalue weighted by atomic mass is 19.4. The summed E-state index contributed by atoms with van der Waals surface area (Å²) in [6, 6.07) is 10.4. The second-order valence-electron chi connectivity index (χ2n) is 8.20. The molecule has 3 aromatic rings. The Bertz CT molecular complexity index is 1380. The number of Topliss-reactive ketones (excluding diaryl/α,β-unsaturated/α-hetero) is 1. The minimum absolute atomic E-state index is 0.128. The SMILES string of the molecule is O=C(c1ccc(C(=O)C(F)(F)F)cc1)N1CCOc2ccc(C3C=c4cnoc4=CC3)cc2C1. The van der Waals surface area contributed by atoms with Crippen molar-refractivity contribution in [1.29, 1.82) is 0 Å². The molecule has 1 unspecified atom stereocenters. The Kier molecular flexibility index (Phi) is 5.47. The van der Waals surface area contributed by atoms with Crippen molar-refractivity contribution < 1.29 is 32.0 Å². The Morgan fingerprint density at radius 1 is 1.06 bits per heavy atom. The molecule has 2 heterocycles. The number of hydrogen-bond donors (Lipinski definition) is 0. The number of amides is 1. The molecular formula is C25H19F3N2O4. The fourth-order valence-electron chi connectivity index (χ4n) is 4.22. The molecule has 1 amide bonds. The molecule has 9 heteroatoms. The van der Waals surface area contributed by atoms with E-state index in [4.69, 9.17) is 9.26 Å². The maximum absolute atomic E-state index is 13.1. The molecule has 0 bridgehead atoms. The summed E-state index contributed by atoms with van der Waals surface area (Å²) in [5.74, 6) is -1.47. The summed E-state index contributed by atoms with van der Waals surface area (Å²) >= 11 is 0. The molecule has 0 N–H and O–H groups in total. The molecule has 174 valence electrons. The van der Waals surface area contributed by atoms with E-state index in [0.29, 0.717) is 18.8 Å². The van der Waals surface area contributed by atoms with Gasteiger partial charge in [-0.25, -0.2) is 0 Å². The fourth-order valence-corrected chi connectivity index (χ4v) is 4.22. The lowest BCUT2D eigenvalue weighted by Crippen LogP contribution is -2.32. The Hall–Kier alpha value is -3.88. The highest BCUT2D eigenvalue weighted by Crippen LogP contribution is 2.31. The molecule has 6 nitrogen and oxygen atoms in total. The van der Waals surface area contributed by atoms with E-state index in [1.54, 1.807) is 11.1 Å². The zero-order valence-corrected chi connectivity index (χ0v) is 17.8. The first-order chi connectivity index (χ1) is 16.3. The van der Waals surface area contributed by atoms with E-state index in [9.17, 15) is 22.8 Å². The number of rotatable bonds is 3. The van der Waals surface area contributed by atoms with Gasteiger partial charge in [-0.15, -0.1) is 0 Å². The van der Waals surface area contributed by atoms with Crippen molar-refractivity contribution in [1.82, 2.24) is 10.1 Å². The van der Waals surface area contributed by atoms with E-state index >= 15 is 0 Å². The molecule has 0 spiro atoms. The van der Waals surface area contributed by atoms with Crippen LogP contribution in [-0.2, 0) is 6.54 Å². The van der Waals surface area contributed by atoms with E-state index in [1.807, 2.05) is 24.3 Å². The summed E-state index contributed by atoms with van der Waals surface area (Å²) in [7, 11) is 0. The van der Waals surface area contributed by atoms with Gasteiger partial charge >= 0.3 is 6.18 Å². The minimum atomic E-state index is -4.96. The summed E-state index contributed by atoms with van der Waals surface area (Å²) in [4.78, 5) is 26.1. The largest absolute Gasteiger partial charge is 0.491 e. The van der Waals surface area contributed by atoms with Gasteiger partial charge in [0.25, 0.3) is 11.7 Å². The summed E-state index contributed by atoms with van der Waals surface area (Å²) in [6.07, 6.45) is 1.57. The van der Waals surface area contributed by atoms with Crippen molar-refractivity contribution in [3.05, 3.63) is 81.5 Å². The third-order valence-electron chi connectivity index (χ3n) is 6.00. The maximum atomic E-state index is 13.1. The molecule has 0 fully saturated rings. The Morgan fingerprint density at radius 2 is 1.82 bits per heavy atom. The Labute approximate surface area is 191 Å². The van der Waals surface area contributed by atoms with Crippen LogP contribution in [0.3, 0.4) is 0 Å². The van der Waals surface area contributed by atoms with Crippen LogP contribution < -0.4 is 15.4 Å². The van der Waals surface area contributed by atoms with Gasteiger partial charge in [-0.1, -0.05) is 29.4 Å². The summed E-state index contributed by atoms with van der Waals surface area (Å²) in [5, 5.41) is 4.76. The number of aromatic nitrogens is 1. The van der Waals surface area contributed by atoms with Crippen molar-refractivity contribution in [3.63, 3.8) is 0 Å². The lowest BCUT2D eigenvalue weighted by molar-refractivity contribution is -0.0885. The number of halogens is 3. The average molecular weight is 468 g/mol. The number of carbonyl (C=O) groups is 2. The summed E-state index contributed by atoms with van der Waals surface area (Å²) in [5.41, 5.74) is 2.36. The zero-order valence-electron chi connectivity index (χ0n) is 17.8. The van der Waals surface area contributed by atoms with E-state index in [2.05, 4.69) is 11.2 Å². The third kappa shape index (κ3) is 4.21. The number of fused-ring (bicyclic) bond motifs is 2. The smallest absolute Gasteiger partial charge is 0.454 e. The highest BCUT2D eigenvalue weighted by molar-refractivity contribution is 6.01. The van der Waals surface area contributed by atoms with Gasteiger partial charge in [-0.05, 0) is 42.3 Å². The number of nitrogens with zero attached hydrogens (tertiary/aromatic N) is 2. The molecule has 0 saturated carbocycles. The Balaban J connectivity index is 1.36. The van der Waals surface area contributed by atoms with Gasteiger partial charge in [0, 0.05) is 34.4 Å². The second kappa shape index (κ2) is 8.48. The molecule has 2 aliphatic rings. The first-order valence-corrected chi connectivity index (χ1v) is 10.7. The minimum Gasteiger partial charge on any atom is -0.491 e. The van der Waals surface area contributed by atoms with Gasteiger partial charge in [0.15, 0.2) is 5.42 Å². The van der Waals surface area contributed by atoms with Gasteiger partial charge < -0.3 is 14.2 Å². The number of carbonyl (C=O) groups excluding carboxylic acids is 2. The molecule has 34 heavy (non-hydrogen) atoms. The molecule has 1 atom stereocenters. The first kappa shape index (κ1) is 21.9. The molecule has 1 aliphatic heterocycles. The maximum Gasteiger partial charge on any atom is 0.454 e. The van der Waals surface area contributed by atoms with Crippen LogP contribution in [0.15, 0.2) is 53.2 Å². The monoisotopic (exact) mass is 468 g/mol. The van der Waals surface area contributed by atoms with E-state index in [0.717, 1.165) is 40.3 Å². The van der Waals surface area contributed by atoms with Crippen molar-refractivity contribution in [2.45, 2.75) is 25.1 Å². The number of benzene rings is 2. The van der Waals surface area contributed by atoms with Crippen LogP contribution in [0.4, 0.5) is 13.2 Å². The normalized spacial score (nSPS) is 17.4.